The van der Waals surface area contributed by atoms with Gasteiger partial charge in [0.2, 0.25) is 11.1 Å². The first kappa shape index (κ1) is 15.0. The van der Waals surface area contributed by atoms with Crippen molar-refractivity contribution in [3.05, 3.63) is 34.9 Å². The van der Waals surface area contributed by atoms with E-state index in [9.17, 15) is 9.59 Å². The molecule has 98 valence electrons. The fourth-order valence-corrected chi connectivity index (χ4v) is 1.93. The monoisotopic (exact) mass is 287 g/mol. The van der Waals surface area contributed by atoms with Crippen LogP contribution in [0.15, 0.2) is 24.3 Å². The van der Waals surface area contributed by atoms with Gasteiger partial charge in [0.25, 0.3) is 0 Å². The van der Waals surface area contributed by atoms with Crippen LogP contribution < -0.4 is 5.32 Å². The van der Waals surface area contributed by atoms with Gasteiger partial charge in [0.05, 0.1) is 6.42 Å². The molecule has 0 radical (unpaired) electrons. The molecule has 0 aliphatic carbocycles. The maximum Gasteiger partial charge on any atom is 0.244 e. The van der Waals surface area contributed by atoms with Crippen LogP contribution in [0, 0.1) is 5.92 Å². The third-order valence-electron chi connectivity index (χ3n) is 2.51. The van der Waals surface area contributed by atoms with Crippen LogP contribution in [0.5, 0.6) is 0 Å². The molecule has 0 saturated heterocycles. The molecular weight excluding hydrogens is 273 g/mol. The summed E-state index contributed by atoms with van der Waals surface area (Å²) in [7, 11) is 0. The molecule has 0 bridgehead atoms. The van der Waals surface area contributed by atoms with Crippen molar-refractivity contribution >= 4 is 34.4 Å². The maximum atomic E-state index is 11.8. The first-order valence-electron chi connectivity index (χ1n) is 5.63. The smallest absolute Gasteiger partial charge is 0.244 e. The van der Waals surface area contributed by atoms with E-state index in [0.717, 1.165) is 5.56 Å². The van der Waals surface area contributed by atoms with Crippen LogP contribution >= 0.6 is 23.2 Å². The zero-order valence-corrected chi connectivity index (χ0v) is 11.8. The van der Waals surface area contributed by atoms with Gasteiger partial charge in [-0.2, -0.15) is 0 Å². The quantitative estimate of drug-likeness (QED) is 0.847. The van der Waals surface area contributed by atoms with Crippen molar-refractivity contribution in [3.63, 3.8) is 0 Å². The molecule has 3 nitrogen and oxygen atoms in total. The van der Waals surface area contributed by atoms with Crippen molar-refractivity contribution in [2.75, 3.05) is 0 Å². The average Bonchev–Trinajstić information content (AvgIpc) is 2.28. The Kier molecular flexibility index (Phi) is 5.63. The molecule has 0 aromatic heterocycles. The topological polar surface area (TPSA) is 46.2 Å². The lowest BCUT2D eigenvalue weighted by Gasteiger charge is -2.18. The highest BCUT2D eigenvalue weighted by Crippen LogP contribution is 2.11. The Balaban J connectivity index is 2.60. The summed E-state index contributed by atoms with van der Waals surface area (Å²) >= 11 is 11.2. The molecule has 0 spiro atoms. The highest BCUT2D eigenvalue weighted by molar-refractivity contribution is 6.64. The third-order valence-corrected chi connectivity index (χ3v) is 2.99. The lowest BCUT2D eigenvalue weighted by atomic mass is 10.1. The van der Waals surface area contributed by atoms with Crippen molar-refractivity contribution in [2.24, 2.45) is 5.92 Å². The Bertz CT molecular complexity index is 429. The van der Waals surface area contributed by atoms with Gasteiger partial charge in [-0.25, -0.2) is 0 Å². The molecule has 0 saturated carbocycles. The molecule has 18 heavy (non-hydrogen) atoms. The minimum atomic E-state index is -0.647. The van der Waals surface area contributed by atoms with Crippen molar-refractivity contribution in [2.45, 2.75) is 26.3 Å². The van der Waals surface area contributed by atoms with Crippen LogP contribution in [-0.4, -0.2) is 17.2 Å². The summed E-state index contributed by atoms with van der Waals surface area (Å²) in [4.78, 5) is 22.9. The molecule has 5 heteroatoms. The van der Waals surface area contributed by atoms with Crippen LogP contribution in [0.2, 0.25) is 5.02 Å². The fourth-order valence-electron chi connectivity index (χ4n) is 1.50. The number of nitrogens with one attached hydrogen (secondary N) is 1. The number of halogens is 2. The Labute approximate surface area is 116 Å². The van der Waals surface area contributed by atoms with Crippen LogP contribution in [0.25, 0.3) is 0 Å². The first-order valence-corrected chi connectivity index (χ1v) is 6.39. The minimum Gasteiger partial charge on any atom is -0.344 e. The summed E-state index contributed by atoms with van der Waals surface area (Å²) < 4.78 is 0. The maximum absolute atomic E-state index is 11.8. The molecule has 1 N–H and O–H groups in total. The van der Waals surface area contributed by atoms with E-state index in [2.05, 4.69) is 5.32 Å². The molecule has 1 atom stereocenters. The average molecular weight is 288 g/mol. The van der Waals surface area contributed by atoms with E-state index < -0.39 is 11.3 Å². The summed E-state index contributed by atoms with van der Waals surface area (Å²) in [5.74, 6) is -0.269. The number of hydrogen-bond donors (Lipinski definition) is 1. The van der Waals surface area contributed by atoms with E-state index in [-0.39, 0.29) is 18.2 Å². The van der Waals surface area contributed by atoms with E-state index in [4.69, 9.17) is 23.2 Å². The molecule has 0 aliphatic heterocycles. The molecule has 0 aliphatic rings. The van der Waals surface area contributed by atoms with Crippen molar-refractivity contribution in [3.8, 4) is 0 Å². The van der Waals surface area contributed by atoms with Crippen LogP contribution in [-0.2, 0) is 16.0 Å². The zero-order valence-electron chi connectivity index (χ0n) is 10.2. The van der Waals surface area contributed by atoms with Gasteiger partial charge in [-0.3, -0.25) is 9.59 Å². The fraction of sp³-hybridized carbons (Fsp3) is 0.385. The summed E-state index contributed by atoms with van der Waals surface area (Å²) in [6, 6.07) is 6.34. The largest absolute Gasteiger partial charge is 0.344 e. The second-order valence-corrected chi connectivity index (χ2v) is 5.21. The van der Waals surface area contributed by atoms with Gasteiger partial charge < -0.3 is 5.32 Å². The predicted molar refractivity (Wildman–Crippen MR) is 72.8 cm³/mol. The molecule has 1 unspecified atom stereocenters. The molecule has 1 rings (SSSR count). The number of rotatable bonds is 5. The van der Waals surface area contributed by atoms with E-state index in [1.54, 1.807) is 24.3 Å². The number of hydrogen-bond acceptors (Lipinski definition) is 2. The van der Waals surface area contributed by atoms with Crippen molar-refractivity contribution in [1.29, 1.82) is 0 Å². The summed E-state index contributed by atoms with van der Waals surface area (Å²) in [6.07, 6.45) is 0.199. The van der Waals surface area contributed by atoms with Gasteiger partial charge in [0.15, 0.2) is 0 Å². The lowest BCUT2D eigenvalue weighted by molar-refractivity contribution is -0.125. The minimum absolute atomic E-state index is 0.0378. The molecule has 0 fully saturated rings. The van der Waals surface area contributed by atoms with Gasteiger partial charge in [0, 0.05) is 5.02 Å². The Morgan fingerprint density at radius 1 is 1.22 bits per heavy atom. The Morgan fingerprint density at radius 2 is 1.78 bits per heavy atom. The summed E-state index contributed by atoms with van der Waals surface area (Å²) in [5.41, 5.74) is 0.835. The predicted octanol–water partition coefficient (Wildman–Crippen LogP) is 2.79. The molecule has 1 aromatic carbocycles. The molecule has 1 aromatic rings. The zero-order chi connectivity index (χ0) is 13.7. The molecule has 0 heterocycles. The van der Waals surface area contributed by atoms with Gasteiger partial charge in [0.1, 0.15) is 6.04 Å². The van der Waals surface area contributed by atoms with Gasteiger partial charge in [-0.15, -0.1) is 0 Å². The van der Waals surface area contributed by atoms with Crippen molar-refractivity contribution < 1.29 is 9.59 Å². The standard InChI is InChI=1S/C13H15Cl2NO2/c1-8(2)12(13(15)18)16-11(17)7-9-3-5-10(14)6-4-9/h3-6,8,12H,7H2,1-2H3,(H,16,17). The first-order chi connectivity index (χ1) is 8.40. The summed E-state index contributed by atoms with van der Waals surface area (Å²) in [5, 5.41) is 2.70. The van der Waals surface area contributed by atoms with Crippen LogP contribution in [0.1, 0.15) is 19.4 Å². The van der Waals surface area contributed by atoms with Crippen molar-refractivity contribution in [1.82, 2.24) is 5.32 Å². The second-order valence-electron chi connectivity index (χ2n) is 4.40. The molecular formula is C13H15Cl2NO2. The van der Waals surface area contributed by atoms with Crippen LogP contribution in [0.4, 0.5) is 0 Å². The van der Waals surface area contributed by atoms with E-state index in [1.165, 1.54) is 0 Å². The van der Waals surface area contributed by atoms with E-state index in [0.29, 0.717) is 5.02 Å². The number of benzene rings is 1. The Morgan fingerprint density at radius 3 is 2.22 bits per heavy atom. The Hall–Kier alpha value is -1.06. The van der Waals surface area contributed by atoms with Gasteiger partial charge >= 0.3 is 0 Å². The number of carbonyl (C=O) groups excluding carboxylic acids is 2. The highest BCUT2D eigenvalue weighted by atomic mass is 35.5. The van der Waals surface area contributed by atoms with E-state index >= 15 is 0 Å². The third kappa shape index (κ3) is 4.67. The highest BCUT2D eigenvalue weighted by Gasteiger charge is 2.22. The van der Waals surface area contributed by atoms with Crippen LogP contribution in [0.3, 0.4) is 0 Å². The normalized spacial score (nSPS) is 12.3. The summed E-state index contributed by atoms with van der Waals surface area (Å²) in [6.45, 7) is 3.65. The number of carbonyl (C=O) groups is 2. The SMILES string of the molecule is CC(C)C(NC(=O)Cc1ccc(Cl)cc1)C(=O)Cl. The second kappa shape index (κ2) is 6.76. The lowest BCUT2D eigenvalue weighted by Crippen LogP contribution is -2.43. The van der Waals surface area contributed by atoms with Gasteiger partial charge in [-0.1, -0.05) is 37.6 Å². The van der Waals surface area contributed by atoms with Gasteiger partial charge in [-0.05, 0) is 35.2 Å². The molecule has 1 amide bonds. The van der Waals surface area contributed by atoms with E-state index in [1.807, 2.05) is 13.8 Å². The number of amides is 1.